The Hall–Kier alpha value is -1.48. The lowest BCUT2D eigenvalue weighted by Gasteiger charge is -2.44. The molecule has 2 N–H and O–H groups in total. The highest BCUT2D eigenvalue weighted by Gasteiger charge is 2.29. The van der Waals surface area contributed by atoms with Crippen molar-refractivity contribution >= 4 is 0 Å². The molecule has 1 saturated heterocycles. The smallest absolute Gasteiger partial charge is 0.0608 e. The molecule has 1 heterocycles. The van der Waals surface area contributed by atoms with Gasteiger partial charge in [-0.3, -0.25) is 0 Å². The summed E-state index contributed by atoms with van der Waals surface area (Å²) >= 11 is 0. The minimum atomic E-state index is 0.110. The molecular weight excluding hydrogens is 248 g/mol. The topological polar surface area (TPSA) is 35.5 Å². The molecule has 20 heavy (non-hydrogen) atoms. The van der Waals surface area contributed by atoms with Crippen molar-refractivity contribution < 1.29 is 5.11 Å². The number of nitrogens with zero attached hydrogens (tertiary/aromatic N) is 1. The Balaban J connectivity index is 1.83. The molecule has 1 atom stereocenters. The van der Waals surface area contributed by atoms with Crippen LogP contribution < -0.4 is 5.32 Å². The molecule has 0 aromatic heterocycles. The Morgan fingerprint density at radius 2 is 2.20 bits per heavy atom. The summed E-state index contributed by atoms with van der Waals surface area (Å²) in [5.74, 6) is 0.110. The molecule has 0 radical (unpaired) electrons. The average molecular weight is 274 g/mol. The maximum absolute atomic E-state index is 9.11. The second kappa shape index (κ2) is 6.31. The van der Waals surface area contributed by atoms with Gasteiger partial charge in [-0.15, -0.1) is 0 Å². The Labute approximate surface area is 122 Å². The summed E-state index contributed by atoms with van der Waals surface area (Å²) < 4.78 is 0. The molecule has 1 unspecified atom stereocenters. The van der Waals surface area contributed by atoms with E-state index in [9.17, 15) is 0 Å². The SMILES string of the molecule is C=C(NC1CN(C(=C)C2=C(C)CCC=C2)C1)C(C)CO. The molecule has 3 nitrogen and oxygen atoms in total. The molecule has 1 fully saturated rings. The maximum atomic E-state index is 9.11. The first-order valence-corrected chi connectivity index (χ1v) is 7.39. The van der Waals surface area contributed by atoms with Crippen molar-refractivity contribution in [3.8, 4) is 0 Å². The van der Waals surface area contributed by atoms with E-state index < -0.39 is 0 Å². The van der Waals surface area contributed by atoms with Crippen LogP contribution in [0, 0.1) is 5.92 Å². The summed E-state index contributed by atoms with van der Waals surface area (Å²) in [6.07, 6.45) is 6.72. The third-order valence-electron chi connectivity index (χ3n) is 4.26. The molecule has 3 heteroatoms. The third-order valence-corrected chi connectivity index (χ3v) is 4.26. The number of hydrogen-bond acceptors (Lipinski definition) is 3. The van der Waals surface area contributed by atoms with Crippen molar-refractivity contribution in [3.05, 3.63) is 47.9 Å². The first kappa shape index (κ1) is 14.9. The summed E-state index contributed by atoms with van der Waals surface area (Å²) in [6.45, 7) is 14.5. The molecule has 1 aliphatic heterocycles. The fourth-order valence-electron chi connectivity index (χ4n) is 2.60. The molecule has 0 saturated carbocycles. The molecule has 0 spiro atoms. The summed E-state index contributed by atoms with van der Waals surface area (Å²) in [4.78, 5) is 2.31. The fraction of sp³-hybridized carbons (Fsp3) is 0.529. The van der Waals surface area contributed by atoms with Gasteiger partial charge in [0, 0.05) is 30.4 Å². The lowest BCUT2D eigenvalue weighted by Crippen LogP contribution is -2.57. The highest BCUT2D eigenvalue weighted by Crippen LogP contribution is 2.28. The van der Waals surface area contributed by atoms with Gasteiger partial charge in [0.05, 0.1) is 12.6 Å². The van der Waals surface area contributed by atoms with Crippen LogP contribution in [0.25, 0.3) is 0 Å². The zero-order chi connectivity index (χ0) is 14.7. The van der Waals surface area contributed by atoms with Gasteiger partial charge < -0.3 is 15.3 Å². The molecule has 110 valence electrons. The van der Waals surface area contributed by atoms with Gasteiger partial charge in [-0.2, -0.15) is 0 Å². The van der Waals surface area contributed by atoms with E-state index in [1.54, 1.807) is 0 Å². The van der Waals surface area contributed by atoms with E-state index in [0.717, 1.165) is 37.3 Å². The Kier molecular flexibility index (Phi) is 4.71. The molecule has 1 aliphatic carbocycles. The summed E-state index contributed by atoms with van der Waals surface area (Å²) in [5.41, 5.74) is 4.80. The van der Waals surface area contributed by atoms with Crippen molar-refractivity contribution in [3.63, 3.8) is 0 Å². The number of nitrogens with one attached hydrogen (secondary N) is 1. The van der Waals surface area contributed by atoms with Gasteiger partial charge in [0.1, 0.15) is 0 Å². The lowest BCUT2D eigenvalue weighted by molar-refractivity contribution is 0.175. The first-order chi connectivity index (χ1) is 9.52. The molecule has 2 aliphatic rings. The second-order valence-corrected chi connectivity index (χ2v) is 5.94. The van der Waals surface area contributed by atoms with E-state index in [0.29, 0.717) is 6.04 Å². The number of aliphatic hydroxyl groups is 1. The lowest BCUT2D eigenvalue weighted by atomic mass is 9.94. The number of allylic oxidation sites excluding steroid dienone is 3. The van der Waals surface area contributed by atoms with Crippen LogP contribution in [0.1, 0.15) is 26.7 Å². The number of hydrogen-bond donors (Lipinski definition) is 2. The minimum Gasteiger partial charge on any atom is -0.396 e. The monoisotopic (exact) mass is 274 g/mol. The zero-order valence-electron chi connectivity index (χ0n) is 12.7. The van der Waals surface area contributed by atoms with Gasteiger partial charge in [-0.1, -0.05) is 37.8 Å². The van der Waals surface area contributed by atoms with Gasteiger partial charge in [-0.25, -0.2) is 0 Å². The molecule has 0 aromatic carbocycles. The van der Waals surface area contributed by atoms with E-state index in [2.05, 4.69) is 42.5 Å². The van der Waals surface area contributed by atoms with Gasteiger partial charge in [0.15, 0.2) is 0 Å². The third kappa shape index (κ3) is 3.15. The van der Waals surface area contributed by atoms with E-state index in [1.165, 1.54) is 11.1 Å². The predicted octanol–water partition coefficient (Wildman–Crippen LogP) is 2.58. The second-order valence-electron chi connectivity index (χ2n) is 5.94. The standard InChI is InChI=1S/C17H26N2O/c1-12-7-5-6-8-17(12)15(4)19-9-16(10-19)18-14(3)13(2)11-20/h6,8,13,16,18,20H,3-5,7,9-11H2,1-2H3. The number of rotatable bonds is 6. The first-order valence-electron chi connectivity index (χ1n) is 7.39. The van der Waals surface area contributed by atoms with Crippen molar-refractivity contribution in [2.45, 2.75) is 32.7 Å². The van der Waals surface area contributed by atoms with Gasteiger partial charge >= 0.3 is 0 Å². The van der Waals surface area contributed by atoms with Crippen molar-refractivity contribution in [1.82, 2.24) is 10.2 Å². The van der Waals surface area contributed by atoms with Crippen LogP contribution in [0.4, 0.5) is 0 Å². The average Bonchev–Trinajstić information content (AvgIpc) is 2.41. The quantitative estimate of drug-likeness (QED) is 0.781. The van der Waals surface area contributed by atoms with Crippen molar-refractivity contribution in [2.24, 2.45) is 5.92 Å². The molecular formula is C17H26N2O. The Morgan fingerprint density at radius 1 is 1.50 bits per heavy atom. The van der Waals surface area contributed by atoms with Gasteiger partial charge in [0.2, 0.25) is 0 Å². The number of likely N-dealkylation sites (tertiary alicyclic amines) is 1. The predicted molar refractivity (Wildman–Crippen MR) is 84.1 cm³/mol. The number of aliphatic hydroxyl groups excluding tert-OH is 1. The fourth-order valence-corrected chi connectivity index (χ4v) is 2.60. The van der Waals surface area contributed by atoms with Crippen LogP contribution >= 0.6 is 0 Å². The Morgan fingerprint density at radius 3 is 2.80 bits per heavy atom. The summed E-state index contributed by atoms with van der Waals surface area (Å²) in [7, 11) is 0. The largest absolute Gasteiger partial charge is 0.396 e. The van der Waals surface area contributed by atoms with Crippen LogP contribution in [0.5, 0.6) is 0 Å². The van der Waals surface area contributed by atoms with Crippen molar-refractivity contribution in [1.29, 1.82) is 0 Å². The van der Waals surface area contributed by atoms with E-state index in [4.69, 9.17) is 5.11 Å². The van der Waals surface area contributed by atoms with Crippen LogP contribution in [0.3, 0.4) is 0 Å². The van der Waals surface area contributed by atoms with Crippen molar-refractivity contribution in [2.75, 3.05) is 19.7 Å². The molecule has 0 aromatic rings. The highest BCUT2D eigenvalue weighted by molar-refractivity contribution is 5.43. The van der Waals surface area contributed by atoms with Gasteiger partial charge in [-0.05, 0) is 25.3 Å². The Bertz CT molecular complexity index is 456. The van der Waals surface area contributed by atoms with Crippen LogP contribution in [-0.4, -0.2) is 35.7 Å². The summed E-state index contributed by atoms with van der Waals surface area (Å²) in [5, 5.41) is 12.5. The van der Waals surface area contributed by atoms with E-state index in [1.807, 2.05) is 6.92 Å². The van der Waals surface area contributed by atoms with Crippen LogP contribution in [0.2, 0.25) is 0 Å². The normalized spacial score (nSPS) is 20.6. The van der Waals surface area contributed by atoms with Crippen LogP contribution in [0.15, 0.2) is 47.9 Å². The summed E-state index contributed by atoms with van der Waals surface area (Å²) in [6, 6.07) is 0.418. The maximum Gasteiger partial charge on any atom is 0.0608 e. The highest BCUT2D eigenvalue weighted by atomic mass is 16.3. The minimum absolute atomic E-state index is 0.110. The van der Waals surface area contributed by atoms with Crippen LogP contribution in [-0.2, 0) is 0 Å². The molecule has 0 amide bonds. The molecule has 2 rings (SSSR count). The van der Waals surface area contributed by atoms with Gasteiger partial charge in [0.25, 0.3) is 0 Å². The zero-order valence-corrected chi connectivity index (χ0v) is 12.7. The molecule has 0 bridgehead atoms. The van der Waals surface area contributed by atoms with E-state index >= 15 is 0 Å². The van der Waals surface area contributed by atoms with E-state index in [-0.39, 0.29) is 12.5 Å².